The molecule has 0 aliphatic carbocycles. The summed E-state index contributed by atoms with van der Waals surface area (Å²) in [5, 5.41) is 4.11. The molecule has 5 nitrogen and oxygen atoms in total. The Morgan fingerprint density at radius 2 is 0.639 bits per heavy atom. The van der Waals surface area contributed by atoms with Gasteiger partial charge in [-0.15, -0.1) is 0 Å². The van der Waals surface area contributed by atoms with Crippen LogP contribution in [0, 0.1) is 0 Å². The second kappa shape index (κ2) is 45.3. The van der Waals surface area contributed by atoms with Gasteiger partial charge >= 0.3 is 0 Å². The van der Waals surface area contributed by atoms with Crippen LogP contribution in [0.25, 0.3) is 0 Å². The Morgan fingerprint density at radius 3 is 1.00 bits per heavy atom. The maximum atomic E-state index is 13.1. The third kappa shape index (κ3) is 29.1. The minimum atomic E-state index is 0.604. The van der Waals surface area contributed by atoms with Gasteiger partial charge in [0, 0.05) is 5.56 Å². The highest BCUT2D eigenvalue weighted by atomic mass is 16.7. The van der Waals surface area contributed by atoms with E-state index in [4.69, 9.17) is 9.68 Å². The Balaban J connectivity index is 1.84. The van der Waals surface area contributed by atoms with Gasteiger partial charge < -0.3 is 0 Å². The van der Waals surface area contributed by atoms with E-state index in [0.717, 1.165) is 67.6 Å². The highest BCUT2D eigenvalue weighted by Crippen LogP contribution is 2.38. The molecule has 0 N–H and O–H groups in total. The fraction of sp³-hybridized carbons (Fsp3) is 0.716. The molecule has 0 unspecified atom stereocenters. The van der Waals surface area contributed by atoms with E-state index in [1.807, 2.05) is 11.1 Å². The van der Waals surface area contributed by atoms with Crippen molar-refractivity contribution in [3.8, 4) is 0 Å². The number of unbranched alkanes of at least 4 members (excludes halogenated alkanes) is 36. The van der Waals surface area contributed by atoms with E-state index in [1.54, 1.807) is 0 Å². The number of rotatable bonds is 51. The lowest BCUT2D eigenvalue weighted by Gasteiger charge is -2.30. The summed E-state index contributed by atoms with van der Waals surface area (Å²) in [6, 6.07) is 23.9. The Morgan fingerprint density at radius 1 is 0.333 bits per heavy atom. The molecule has 3 aromatic rings. The van der Waals surface area contributed by atoms with Gasteiger partial charge in [-0.05, 0) is 80.0 Å². The van der Waals surface area contributed by atoms with E-state index >= 15 is 0 Å². The van der Waals surface area contributed by atoms with E-state index < -0.39 is 0 Å². The second-order valence-electron chi connectivity index (χ2n) is 21.6. The normalized spacial score (nSPS) is 11.4. The summed E-state index contributed by atoms with van der Waals surface area (Å²) in [7, 11) is 0. The van der Waals surface area contributed by atoms with E-state index in [9.17, 15) is 4.79 Å². The van der Waals surface area contributed by atoms with Gasteiger partial charge in [-0.2, -0.15) is 0 Å². The number of aryl methyl sites for hydroxylation is 2. The van der Waals surface area contributed by atoms with Crippen molar-refractivity contribution in [3.63, 3.8) is 0 Å². The van der Waals surface area contributed by atoms with Gasteiger partial charge in [-0.1, -0.05) is 295 Å². The molecule has 0 atom stereocenters. The zero-order valence-electron chi connectivity index (χ0n) is 47.7. The first kappa shape index (κ1) is 63.1. The second-order valence-corrected chi connectivity index (χ2v) is 21.6. The first-order chi connectivity index (χ1) is 35.7. The van der Waals surface area contributed by atoms with Crippen LogP contribution < -0.4 is 10.1 Å². The van der Waals surface area contributed by atoms with Crippen molar-refractivity contribution >= 4 is 29.0 Å². The summed E-state index contributed by atoms with van der Waals surface area (Å²) in [5.41, 5.74) is 7.07. The fourth-order valence-corrected chi connectivity index (χ4v) is 10.4. The average molecular weight is 994 g/mol. The molecule has 0 fully saturated rings. The monoisotopic (exact) mass is 993 g/mol. The van der Waals surface area contributed by atoms with Gasteiger partial charge in [0.2, 0.25) is 0 Å². The molecule has 5 heteroatoms. The molecule has 3 aromatic carbocycles. The van der Waals surface area contributed by atoms with Gasteiger partial charge in [0.15, 0.2) is 6.29 Å². The van der Waals surface area contributed by atoms with Crippen molar-refractivity contribution in [1.29, 1.82) is 0 Å². The van der Waals surface area contributed by atoms with Crippen LogP contribution >= 0.6 is 0 Å². The summed E-state index contributed by atoms with van der Waals surface area (Å²) in [4.78, 5) is 27.0. The predicted molar refractivity (Wildman–Crippen MR) is 316 cm³/mol. The molecule has 3 rings (SSSR count). The summed E-state index contributed by atoms with van der Waals surface area (Å²) < 4.78 is 0. The quantitative estimate of drug-likeness (QED) is 0.0320. The third-order valence-corrected chi connectivity index (χ3v) is 15.1. The number of aldehydes is 1. The van der Waals surface area contributed by atoms with Gasteiger partial charge in [0.1, 0.15) is 0 Å². The van der Waals surface area contributed by atoms with Crippen LogP contribution in [0.15, 0.2) is 66.7 Å². The maximum absolute atomic E-state index is 13.1. The van der Waals surface area contributed by atoms with Crippen molar-refractivity contribution in [2.24, 2.45) is 0 Å². The lowest BCUT2D eigenvalue weighted by atomic mass is 10.0. The average Bonchev–Trinajstić information content (AvgIpc) is 3.40. The van der Waals surface area contributed by atoms with Crippen LogP contribution in [-0.2, 0) is 22.5 Å². The topological polar surface area (TPSA) is 42.0 Å². The molecule has 0 bridgehead atoms. The molecule has 72 heavy (non-hydrogen) atoms. The molecule has 0 aliphatic heterocycles. The molecule has 0 amide bonds. The SMILES string of the molecule is CCCCCCCCCCCCCCON(c1ccc(C=O)c(N(OCCCCCCCCCCCCCC)c2ccccc2CCCCCCCCCC)c1)c1ccccc1CCCCCCCCCC. The summed E-state index contributed by atoms with van der Waals surface area (Å²) in [5.74, 6) is 0. The lowest BCUT2D eigenvalue weighted by molar-refractivity contribution is 0.111. The lowest BCUT2D eigenvalue weighted by Crippen LogP contribution is -2.23. The smallest absolute Gasteiger partial charge is 0.152 e. The minimum Gasteiger partial charge on any atom is -0.298 e. The fourth-order valence-electron chi connectivity index (χ4n) is 10.4. The number of carbonyl (C=O) groups is 1. The highest BCUT2D eigenvalue weighted by Gasteiger charge is 2.22. The molecule has 0 heterocycles. The van der Waals surface area contributed by atoms with Gasteiger partial charge in [-0.3, -0.25) is 14.5 Å². The van der Waals surface area contributed by atoms with Gasteiger partial charge in [0.25, 0.3) is 0 Å². The first-order valence-corrected chi connectivity index (χ1v) is 31.3. The molecular formula is C67H112N2O3. The van der Waals surface area contributed by atoms with Crippen LogP contribution in [0.4, 0.5) is 22.7 Å². The van der Waals surface area contributed by atoms with Crippen LogP contribution in [0.5, 0.6) is 0 Å². The van der Waals surface area contributed by atoms with E-state index in [0.29, 0.717) is 18.8 Å². The van der Waals surface area contributed by atoms with Crippen LogP contribution in [0.3, 0.4) is 0 Å². The van der Waals surface area contributed by atoms with Crippen molar-refractivity contribution in [3.05, 3.63) is 83.4 Å². The number of carbonyl (C=O) groups excluding carboxylic acids is 1. The zero-order chi connectivity index (χ0) is 51.2. The Hall–Kier alpha value is -3.15. The molecule has 0 radical (unpaired) electrons. The van der Waals surface area contributed by atoms with Crippen molar-refractivity contribution in [2.75, 3.05) is 23.3 Å². The number of hydrogen-bond acceptors (Lipinski definition) is 5. The Kier molecular flexibility index (Phi) is 39.7. The predicted octanol–water partition coefficient (Wildman–Crippen LogP) is 22.4. The van der Waals surface area contributed by atoms with E-state index in [2.05, 4.69) is 93.4 Å². The number of nitrogens with zero attached hydrogens (tertiary/aromatic N) is 2. The standard InChI is InChI=1S/C67H112N2O3/c1-5-9-13-17-21-25-27-29-31-35-39-47-57-71-68(65-53-45-43-51-61(65)49-41-37-33-23-19-15-11-7-3)64-56-55-63(60-70)67(59-64)69(72-58-48-40-36-32-30-28-26-22-18-14-10-6-2)66-54-46-44-52-62(66)50-42-38-34-24-20-16-12-8-4/h43-46,51-56,59-60H,5-42,47-50,57-58H2,1-4H3. The third-order valence-electron chi connectivity index (χ3n) is 15.1. The minimum absolute atomic E-state index is 0.604. The number of hydrogen-bond donors (Lipinski definition) is 0. The summed E-state index contributed by atoms with van der Waals surface area (Å²) >= 11 is 0. The molecular weight excluding hydrogens is 881 g/mol. The van der Waals surface area contributed by atoms with Gasteiger partial charge in [-0.25, -0.2) is 10.1 Å². The summed E-state index contributed by atoms with van der Waals surface area (Å²) in [6.07, 6.45) is 55.2. The van der Waals surface area contributed by atoms with Crippen LogP contribution in [-0.4, -0.2) is 19.5 Å². The zero-order valence-corrected chi connectivity index (χ0v) is 47.7. The molecule has 0 aliphatic rings. The number of para-hydroxylation sites is 2. The van der Waals surface area contributed by atoms with Crippen LogP contribution in [0.2, 0.25) is 0 Å². The van der Waals surface area contributed by atoms with Crippen molar-refractivity contribution < 1.29 is 14.5 Å². The van der Waals surface area contributed by atoms with E-state index in [1.165, 1.54) is 242 Å². The highest BCUT2D eigenvalue weighted by molar-refractivity contribution is 5.88. The maximum Gasteiger partial charge on any atom is 0.152 e. The Labute approximate surface area is 445 Å². The number of benzene rings is 3. The van der Waals surface area contributed by atoms with Gasteiger partial charge in [0.05, 0.1) is 36.0 Å². The molecule has 0 spiro atoms. The molecule has 0 aromatic heterocycles. The summed E-state index contributed by atoms with van der Waals surface area (Å²) in [6.45, 7) is 10.4. The molecule has 0 saturated heterocycles. The largest absolute Gasteiger partial charge is 0.298 e. The van der Waals surface area contributed by atoms with Crippen molar-refractivity contribution in [2.45, 2.75) is 297 Å². The first-order valence-electron chi connectivity index (χ1n) is 31.3. The molecule has 408 valence electrons. The molecule has 0 saturated carbocycles. The number of anilines is 4. The van der Waals surface area contributed by atoms with Crippen LogP contribution in [0.1, 0.15) is 306 Å². The Bertz CT molecular complexity index is 1690. The van der Waals surface area contributed by atoms with Crippen molar-refractivity contribution in [1.82, 2.24) is 0 Å². The van der Waals surface area contributed by atoms with E-state index in [-0.39, 0.29) is 0 Å².